The van der Waals surface area contributed by atoms with Gasteiger partial charge in [0.05, 0.1) is 12.2 Å². The van der Waals surface area contributed by atoms with E-state index in [1.807, 2.05) is 0 Å². The SMILES string of the molecule is C[C@@H]1O[C@@H](OCCCCCC(=O)[O-])[C@H](O)C[C@H]1O. The molecule has 0 amide bonds. The molecule has 0 aliphatic carbocycles. The van der Waals surface area contributed by atoms with Crippen molar-refractivity contribution in [3.05, 3.63) is 0 Å². The summed E-state index contributed by atoms with van der Waals surface area (Å²) in [5.74, 6) is -1.04. The van der Waals surface area contributed by atoms with Crippen LogP contribution in [0.15, 0.2) is 0 Å². The molecule has 0 aromatic carbocycles. The van der Waals surface area contributed by atoms with Gasteiger partial charge in [-0.2, -0.15) is 0 Å². The molecule has 1 rings (SSSR count). The molecule has 6 heteroatoms. The highest BCUT2D eigenvalue weighted by Crippen LogP contribution is 2.21. The van der Waals surface area contributed by atoms with Gasteiger partial charge in [0.25, 0.3) is 0 Å². The number of hydrogen-bond donors (Lipinski definition) is 2. The van der Waals surface area contributed by atoms with Crippen molar-refractivity contribution in [2.24, 2.45) is 0 Å². The van der Waals surface area contributed by atoms with Gasteiger partial charge in [-0.1, -0.05) is 6.42 Å². The molecule has 2 N–H and O–H groups in total. The van der Waals surface area contributed by atoms with Crippen molar-refractivity contribution in [1.82, 2.24) is 0 Å². The van der Waals surface area contributed by atoms with Crippen LogP contribution >= 0.6 is 0 Å². The van der Waals surface area contributed by atoms with Gasteiger partial charge in [0, 0.05) is 19.0 Å². The second-order valence-electron chi connectivity index (χ2n) is 4.63. The molecule has 6 nitrogen and oxygen atoms in total. The van der Waals surface area contributed by atoms with E-state index < -0.39 is 24.5 Å². The van der Waals surface area contributed by atoms with Gasteiger partial charge in [-0.3, -0.25) is 0 Å². The molecule has 0 spiro atoms. The number of rotatable bonds is 7. The molecular formula is C12H21O6-. The Labute approximate surface area is 107 Å². The van der Waals surface area contributed by atoms with Crippen LogP contribution in [0.4, 0.5) is 0 Å². The Hall–Kier alpha value is -0.690. The number of carboxylic acids is 1. The molecule has 1 saturated heterocycles. The number of carboxylic acid groups (broad SMARTS) is 1. The predicted octanol–water partition coefficient (Wildman–Crippen LogP) is -0.830. The number of aliphatic hydroxyl groups is 2. The summed E-state index contributed by atoms with van der Waals surface area (Å²) in [6.45, 7) is 2.13. The first kappa shape index (κ1) is 15.4. The maximum atomic E-state index is 10.2. The van der Waals surface area contributed by atoms with Gasteiger partial charge >= 0.3 is 0 Å². The van der Waals surface area contributed by atoms with Crippen LogP contribution in [0, 0.1) is 0 Å². The largest absolute Gasteiger partial charge is 0.550 e. The first-order valence-corrected chi connectivity index (χ1v) is 6.33. The molecule has 0 bridgehead atoms. The van der Waals surface area contributed by atoms with Crippen molar-refractivity contribution >= 4 is 5.97 Å². The molecule has 1 aliphatic rings. The molecule has 0 saturated carbocycles. The van der Waals surface area contributed by atoms with Crippen molar-refractivity contribution < 1.29 is 29.6 Å². The Bertz CT molecular complexity index is 257. The standard InChI is InChI=1S/C12H22O6/c1-8-9(13)7-10(14)12(18-8)17-6-4-2-3-5-11(15)16/h8-10,12-14H,2-7H2,1H3,(H,15,16)/p-1/t8-,9+,10+,12+/m0/s1. The van der Waals surface area contributed by atoms with E-state index in [2.05, 4.69) is 0 Å². The number of hydrogen-bond acceptors (Lipinski definition) is 6. The number of carbonyl (C=O) groups excluding carboxylic acids is 1. The minimum atomic E-state index is -1.04. The molecule has 1 heterocycles. The minimum absolute atomic E-state index is 0.0613. The maximum absolute atomic E-state index is 10.2. The third-order valence-electron chi connectivity index (χ3n) is 3.00. The van der Waals surface area contributed by atoms with E-state index in [0.717, 1.165) is 6.42 Å². The van der Waals surface area contributed by atoms with E-state index in [1.165, 1.54) is 0 Å². The van der Waals surface area contributed by atoms with E-state index in [-0.39, 0.29) is 18.9 Å². The number of unbranched alkanes of at least 4 members (excludes halogenated alkanes) is 2. The lowest BCUT2D eigenvalue weighted by atomic mass is 10.0. The predicted molar refractivity (Wildman–Crippen MR) is 60.4 cm³/mol. The van der Waals surface area contributed by atoms with Gasteiger partial charge < -0.3 is 29.6 Å². The molecular weight excluding hydrogens is 240 g/mol. The monoisotopic (exact) mass is 261 g/mol. The first-order chi connectivity index (χ1) is 8.50. The number of ether oxygens (including phenoxy) is 2. The highest BCUT2D eigenvalue weighted by atomic mass is 16.7. The zero-order valence-electron chi connectivity index (χ0n) is 10.6. The summed E-state index contributed by atoms with van der Waals surface area (Å²) in [7, 11) is 0. The molecule has 1 aliphatic heterocycles. The van der Waals surface area contributed by atoms with Crippen LogP contribution in [0.5, 0.6) is 0 Å². The average Bonchev–Trinajstić information content (AvgIpc) is 2.29. The second kappa shape index (κ2) is 7.68. The first-order valence-electron chi connectivity index (χ1n) is 6.33. The van der Waals surface area contributed by atoms with Crippen LogP contribution in [-0.4, -0.2) is 47.4 Å². The van der Waals surface area contributed by atoms with Crippen LogP contribution in [0.3, 0.4) is 0 Å². The van der Waals surface area contributed by atoms with Crippen LogP contribution in [0.2, 0.25) is 0 Å². The van der Waals surface area contributed by atoms with E-state index in [0.29, 0.717) is 19.4 Å². The molecule has 1 fully saturated rings. The minimum Gasteiger partial charge on any atom is -0.550 e. The third kappa shape index (κ3) is 5.30. The van der Waals surface area contributed by atoms with E-state index in [9.17, 15) is 20.1 Å². The van der Waals surface area contributed by atoms with Crippen LogP contribution in [0.25, 0.3) is 0 Å². The molecule has 0 radical (unpaired) electrons. The van der Waals surface area contributed by atoms with Crippen molar-refractivity contribution in [3.63, 3.8) is 0 Å². The fourth-order valence-electron chi connectivity index (χ4n) is 1.84. The Balaban J connectivity index is 2.09. The fourth-order valence-corrected chi connectivity index (χ4v) is 1.84. The van der Waals surface area contributed by atoms with Gasteiger partial charge in [-0.15, -0.1) is 0 Å². The molecule has 0 unspecified atom stereocenters. The summed E-state index contributed by atoms with van der Waals surface area (Å²) in [5, 5.41) is 29.3. The lowest BCUT2D eigenvalue weighted by Gasteiger charge is -2.35. The van der Waals surface area contributed by atoms with Gasteiger partial charge in [0.15, 0.2) is 6.29 Å². The van der Waals surface area contributed by atoms with E-state index >= 15 is 0 Å². The fraction of sp³-hybridized carbons (Fsp3) is 0.917. The van der Waals surface area contributed by atoms with Crippen molar-refractivity contribution in [3.8, 4) is 0 Å². The number of aliphatic carboxylic acids is 1. The van der Waals surface area contributed by atoms with Gasteiger partial charge in [0.2, 0.25) is 0 Å². The summed E-state index contributed by atoms with van der Waals surface area (Å²) < 4.78 is 10.7. The van der Waals surface area contributed by atoms with Crippen molar-refractivity contribution in [1.29, 1.82) is 0 Å². The lowest BCUT2D eigenvalue weighted by molar-refractivity contribution is -0.305. The Kier molecular flexibility index (Phi) is 6.56. The van der Waals surface area contributed by atoms with Crippen LogP contribution in [0.1, 0.15) is 39.0 Å². The molecule has 106 valence electrons. The molecule has 4 atom stereocenters. The zero-order chi connectivity index (χ0) is 13.5. The van der Waals surface area contributed by atoms with E-state index in [1.54, 1.807) is 6.92 Å². The zero-order valence-corrected chi connectivity index (χ0v) is 10.6. The molecule has 0 aromatic rings. The smallest absolute Gasteiger partial charge is 0.183 e. The average molecular weight is 261 g/mol. The van der Waals surface area contributed by atoms with Crippen molar-refractivity contribution in [2.75, 3.05) is 6.61 Å². The van der Waals surface area contributed by atoms with Crippen LogP contribution < -0.4 is 5.11 Å². The summed E-state index contributed by atoms with van der Waals surface area (Å²) in [5.41, 5.74) is 0. The number of carbonyl (C=O) groups is 1. The van der Waals surface area contributed by atoms with Crippen LogP contribution in [-0.2, 0) is 14.3 Å². The normalized spacial score (nSPS) is 32.4. The van der Waals surface area contributed by atoms with Gasteiger partial charge in [0.1, 0.15) is 6.10 Å². The van der Waals surface area contributed by atoms with E-state index in [4.69, 9.17) is 9.47 Å². The highest BCUT2D eigenvalue weighted by molar-refractivity contribution is 5.63. The Morgan fingerprint density at radius 1 is 1.33 bits per heavy atom. The summed E-state index contributed by atoms with van der Waals surface area (Å²) >= 11 is 0. The Morgan fingerprint density at radius 3 is 2.72 bits per heavy atom. The molecule has 18 heavy (non-hydrogen) atoms. The highest BCUT2D eigenvalue weighted by Gasteiger charge is 2.34. The second-order valence-corrected chi connectivity index (χ2v) is 4.63. The maximum Gasteiger partial charge on any atom is 0.183 e. The topological polar surface area (TPSA) is 99.1 Å². The van der Waals surface area contributed by atoms with Gasteiger partial charge in [-0.05, 0) is 26.2 Å². The number of aliphatic hydroxyl groups excluding tert-OH is 2. The van der Waals surface area contributed by atoms with Gasteiger partial charge in [-0.25, -0.2) is 0 Å². The summed E-state index contributed by atoms with van der Waals surface area (Å²) in [6.07, 6.45) is -0.230. The summed E-state index contributed by atoms with van der Waals surface area (Å²) in [4.78, 5) is 10.2. The third-order valence-corrected chi connectivity index (χ3v) is 3.00. The summed E-state index contributed by atoms with van der Waals surface area (Å²) in [6, 6.07) is 0. The van der Waals surface area contributed by atoms with Crippen molar-refractivity contribution in [2.45, 2.75) is 63.6 Å². The molecule has 0 aromatic heterocycles. The Morgan fingerprint density at radius 2 is 2.06 bits per heavy atom. The quantitative estimate of drug-likeness (QED) is 0.580. The lowest BCUT2D eigenvalue weighted by Crippen LogP contribution is -2.47.